The van der Waals surface area contributed by atoms with Gasteiger partial charge in [0.15, 0.2) is 0 Å². The van der Waals surface area contributed by atoms with Crippen molar-refractivity contribution in [3.63, 3.8) is 0 Å². The highest BCUT2D eigenvalue weighted by atomic mass is 19.4. The molecule has 0 aliphatic carbocycles. The molecule has 138 valence electrons. The number of nitrogens with two attached hydrogens (primary N) is 1. The highest BCUT2D eigenvalue weighted by molar-refractivity contribution is 5.91. The minimum atomic E-state index is -4.76. The molecule has 0 aliphatic rings. The summed E-state index contributed by atoms with van der Waals surface area (Å²) in [4.78, 5) is 18.8. The molecule has 0 atom stereocenters. The Morgan fingerprint density at radius 1 is 1.23 bits per heavy atom. The number of anilines is 3. The van der Waals surface area contributed by atoms with Crippen LogP contribution in [0.3, 0.4) is 0 Å². The topological polar surface area (TPSA) is 126 Å². The van der Waals surface area contributed by atoms with E-state index in [4.69, 9.17) is 11.1 Å². The number of rotatable bonds is 8. The molecule has 0 spiro atoms. The lowest BCUT2D eigenvalue weighted by atomic mass is 10.2. The first-order chi connectivity index (χ1) is 12.3. The Bertz CT molecular complexity index is 780. The van der Waals surface area contributed by atoms with E-state index in [1.165, 1.54) is 18.5 Å². The second-order valence-electron chi connectivity index (χ2n) is 4.97. The van der Waals surface area contributed by atoms with Crippen molar-refractivity contribution in [3.05, 3.63) is 36.2 Å². The van der Waals surface area contributed by atoms with Crippen molar-refractivity contribution >= 4 is 29.4 Å². The third-order valence-electron chi connectivity index (χ3n) is 3.04. The molecule has 0 aliphatic heterocycles. The number of nitrogens with zero attached hydrogens (tertiary/aromatic N) is 2. The fraction of sp³-hybridized carbons (Fsp3) is 0.200. The van der Waals surface area contributed by atoms with E-state index in [1.54, 1.807) is 0 Å². The Labute approximate surface area is 146 Å². The third kappa shape index (κ3) is 5.61. The standard InChI is InChI=1S/C15H15F3N6O2/c16-15(17,18)26-10-3-1-9(2-4-10)24-14-11(7-19)13(22-8-23-14)21-6-5-12(20)25/h1-4,7-8,19H,5-6H2,(H2,20,25)(H2,21,22,23,24). The average Bonchev–Trinajstić information content (AvgIpc) is 2.55. The van der Waals surface area contributed by atoms with Gasteiger partial charge in [-0.15, -0.1) is 13.2 Å². The van der Waals surface area contributed by atoms with Crippen LogP contribution in [0.15, 0.2) is 30.6 Å². The molecule has 0 saturated carbocycles. The fourth-order valence-electron chi connectivity index (χ4n) is 1.95. The van der Waals surface area contributed by atoms with Crippen molar-refractivity contribution in [1.82, 2.24) is 9.97 Å². The number of carbonyl (C=O) groups excluding carboxylic acids is 1. The van der Waals surface area contributed by atoms with E-state index < -0.39 is 12.3 Å². The van der Waals surface area contributed by atoms with Crippen molar-refractivity contribution < 1.29 is 22.7 Å². The maximum atomic E-state index is 12.2. The second-order valence-corrected chi connectivity index (χ2v) is 4.97. The van der Waals surface area contributed by atoms with Gasteiger partial charge in [0.2, 0.25) is 5.91 Å². The predicted molar refractivity (Wildman–Crippen MR) is 88.6 cm³/mol. The number of ether oxygens (including phenoxy) is 1. The van der Waals surface area contributed by atoms with Crippen LogP contribution >= 0.6 is 0 Å². The van der Waals surface area contributed by atoms with Crippen LogP contribution in [-0.4, -0.2) is 35.0 Å². The number of aromatic nitrogens is 2. The number of carbonyl (C=O) groups is 1. The van der Waals surface area contributed by atoms with E-state index in [-0.39, 0.29) is 24.5 Å². The lowest BCUT2D eigenvalue weighted by Gasteiger charge is -2.13. The number of amides is 1. The summed E-state index contributed by atoms with van der Waals surface area (Å²) in [7, 11) is 0. The van der Waals surface area contributed by atoms with Gasteiger partial charge in [0.1, 0.15) is 23.7 Å². The van der Waals surface area contributed by atoms with E-state index in [0.717, 1.165) is 18.3 Å². The fourth-order valence-corrected chi connectivity index (χ4v) is 1.95. The minimum absolute atomic E-state index is 0.0882. The van der Waals surface area contributed by atoms with Gasteiger partial charge in [-0.1, -0.05) is 0 Å². The van der Waals surface area contributed by atoms with Gasteiger partial charge in [-0.2, -0.15) is 0 Å². The first kappa shape index (κ1) is 19.0. The zero-order valence-corrected chi connectivity index (χ0v) is 13.3. The summed E-state index contributed by atoms with van der Waals surface area (Å²) in [5.74, 6) is -0.258. The van der Waals surface area contributed by atoms with Crippen LogP contribution in [0.2, 0.25) is 0 Å². The van der Waals surface area contributed by atoms with E-state index in [0.29, 0.717) is 17.1 Å². The van der Waals surface area contributed by atoms with Gasteiger partial charge in [-0.25, -0.2) is 9.97 Å². The molecule has 5 N–H and O–H groups in total. The molecule has 1 aromatic heterocycles. The molecule has 1 heterocycles. The van der Waals surface area contributed by atoms with Crippen molar-refractivity contribution in [3.8, 4) is 5.75 Å². The quantitative estimate of drug-likeness (QED) is 0.530. The monoisotopic (exact) mass is 368 g/mol. The number of hydrogen-bond donors (Lipinski definition) is 4. The Morgan fingerprint density at radius 3 is 2.46 bits per heavy atom. The van der Waals surface area contributed by atoms with Crippen LogP contribution in [-0.2, 0) is 4.79 Å². The summed E-state index contributed by atoms with van der Waals surface area (Å²) in [5.41, 5.74) is 5.81. The molecule has 0 bridgehead atoms. The molecule has 2 rings (SSSR count). The average molecular weight is 368 g/mol. The number of primary amides is 1. The number of alkyl halides is 3. The zero-order chi connectivity index (χ0) is 19.2. The van der Waals surface area contributed by atoms with E-state index >= 15 is 0 Å². The summed E-state index contributed by atoms with van der Waals surface area (Å²) in [5, 5.41) is 13.3. The first-order valence-corrected chi connectivity index (χ1v) is 7.29. The van der Waals surface area contributed by atoms with Crippen LogP contribution in [0.1, 0.15) is 12.0 Å². The molecule has 0 saturated heterocycles. The lowest BCUT2D eigenvalue weighted by Crippen LogP contribution is -2.17. The maximum Gasteiger partial charge on any atom is 0.573 e. The molecule has 2 aromatic rings. The summed E-state index contributed by atoms with van der Waals surface area (Å²) in [6.07, 6.45) is -2.43. The Morgan fingerprint density at radius 2 is 1.88 bits per heavy atom. The summed E-state index contributed by atoms with van der Waals surface area (Å²) >= 11 is 0. The van der Waals surface area contributed by atoms with Gasteiger partial charge in [0, 0.05) is 24.9 Å². The SMILES string of the molecule is N=Cc1c(NCCC(N)=O)ncnc1Nc1ccc(OC(F)(F)F)cc1. The van der Waals surface area contributed by atoms with Gasteiger partial charge in [-0.05, 0) is 24.3 Å². The molecule has 1 aromatic carbocycles. The van der Waals surface area contributed by atoms with Crippen LogP contribution in [0, 0.1) is 5.41 Å². The maximum absolute atomic E-state index is 12.2. The molecule has 11 heteroatoms. The highest BCUT2D eigenvalue weighted by Crippen LogP contribution is 2.26. The minimum Gasteiger partial charge on any atom is -0.406 e. The number of halogens is 3. The second kappa shape index (κ2) is 8.14. The first-order valence-electron chi connectivity index (χ1n) is 7.29. The molecule has 0 unspecified atom stereocenters. The number of hydrogen-bond acceptors (Lipinski definition) is 7. The van der Waals surface area contributed by atoms with E-state index in [9.17, 15) is 18.0 Å². The van der Waals surface area contributed by atoms with Crippen molar-refractivity contribution in [1.29, 1.82) is 5.41 Å². The Balaban J connectivity index is 2.13. The molecular formula is C15H15F3N6O2. The smallest absolute Gasteiger partial charge is 0.406 e. The number of benzene rings is 1. The summed E-state index contributed by atoms with van der Waals surface area (Å²) in [6, 6.07) is 5.04. The normalized spacial score (nSPS) is 10.9. The Kier molecular flexibility index (Phi) is 5.94. The highest BCUT2D eigenvalue weighted by Gasteiger charge is 2.30. The number of nitrogens with one attached hydrogen (secondary N) is 3. The van der Waals surface area contributed by atoms with Crippen LogP contribution in [0.25, 0.3) is 0 Å². The van der Waals surface area contributed by atoms with Crippen molar-refractivity contribution in [2.24, 2.45) is 5.73 Å². The molecule has 0 radical (unpaired) electrons. The van der Waals surface area contributed by atoms with Crippen molar-refractivity contribution in [2.75, 3.05) is 17.2 Å². The predicted octanol–water partition coefficient (Wildman–Crippen LogP) is 2.40. The molecule has 8 nitrogen and oxygen atoms in total. The summed E-state index contributed by atoms with van der Waals surface area (Å²) < 4.78 is 40.3. The Hall–Kier alpha value is -3.37. The van der Waals surface area contributed by atoms with E-state index in [1.807, 2.05) is 0 Å². The van der Waals surface area contributed by atoms with Gasteiger partial charge in [-0.3, -0.25) is 4.79 Å². The zero-order valence-electron chi connectivity index (χ0n) is 13.3. The van der Waals surface area contributed by atoms with Crippen molar-refractivity contribution in [2.45, 2.75) is 12.8 Å². The largest absolute Gasteiger partial charge is 0.573 e. The van der Waals surface area contributed by atoms with Crippen LogP contribution in [0.5, 0.6) is 5.75 Å². The lowest BCUT2D eigenvalue weighted by molar-refractivity contribution is -0.274. The molecule has 0 fully saturated rings. The summed E-state index contributed by atoms with van der Waals surface area (Å²) in [6.45, 7) is 0.232. The van der Waals surface area contributed by atoms with Gasteiger partial charge < -0.3 is 26.5 Å². The molecular weight excluding hydrogens is 353 g/mol. The van der Waals surface area contributed by atoms with Gasteiger partial charge in [0.25, 0.3) is 0 Å². The molecule has 26 heavy (non-hydrogen) atoms. The van der Waals surface area contributed by atoms with Gasteiger partial charge in [0.05, 0.1) is 5.56 Å². The van der Waals surface area contributed by atoms with Gasteiger partial charge >= 0.3 is 6.36 Å². The van der Waals surface area contributed by atoms with Crippen LogP contribution in [0.4, 0.5) is 30.5 Å². The third-order valence-corrected chi connectivity index (χ3v) is 3.04. The molecule has 1 amide bonds. The van der Waals surface area contributed by atoms with Crippen LogP contribution < -0.4 is 21.1 Å². The van der Waals surface area contributed by atoms with E-state index in [2.05, 4.69) is 25.3 Å².